The van der Waals surface area contributed by atoms with Crippen LogP contribution in [0.5, 0.6) is 0 Å². The third-order valence-electron chi connectivity index (χ3n) is 3.75. The van der Waals surface area contributed by atoms with Crippen molar-refractivity contribution >= 4 is 10.1 Å². The Bertz CT molecular complexity index is 373. The van der Waals surface area contributed by atoms with Crippen LogP contribution in [0.15, 0.2) is 0 Å². The molecule has 0 bridgehead atoms. The highest BCUT2D eigenvalue weighted by Gasteiger charge is 2.39. The Morgan fingerprint density at radius 2 is 1.14 bits per heavy atom. The zero-order valence-electron chi connectivity index (χ0n) is 13.1. The molecule has 0 aromatic heterocycles. The van der Waals surface area contributed by atoms with E-state index < -0.39 is 34.4 Å². The van der Waals surface area contributed by atoms with E-state index >= 15 is 0 Å². The lowest BCUT2D eigenvalue weighted by Crippen LogP contribution is -2.47. The molecule has 0 aromatic rings. The normalized spacial score (nSPS) is 16.7. The molecule has 0 aliphatic carbocycles. The van der Waals surface area contributed by atoms with Gasteiger partial charge in [-0.2, -0.15) is 0 Å². The summed E-state index contributed by atoms with van der Waals surface area (Å²) in [6.45, 7) is 14.2. The topological polar surface area (TPSA) is 57.2 Å². The lowest BCUT2D eigenvalue weighted by Gasteiger charge is -2.34. The third kappa shape index (κ3) is 7.68. The lowest BCUT2D eigenvalue weighted by molar-refractivity contribution is -0.921. The Morgan fingerprint density at radius 3 is 1.27 bits per heavy atom. The largest absolute Gasteiger partial charge is 0.746 e. The number of hydrogen-bond acceptors (Lipinski definition) is 3. The molecule has 3 atom stereocenters. The van der Waals surface area contributed by atoms with Gasteiger partial charge in [-0.3, -0.25) is 0 Å². The van der Waals surface area contributed by atoms with Crippen LogP contribution in [0.2, 0.25) is 0 Å². The van der Waals surface area contributed by atoms with E-state index in [4.69, 9.17) is 0 Å². The van der Waals surface area contributed by atoms with Crippen molar-refractivity contribution in [3.63, 3.8) is 0 Å². The summed E-state index contributed by atoms with van der Waals surface area (Å²) in [7, 11) is -5.75. The van der Waals surface area contributed by atoms with Crippen molar-refractivity contribution < 1.29 is 39.4 Å². The molecule has 22 heavy (non-hydrogen) atoms. The van der Waals surface area contributed by atoms with Crippen molar-refractivity contribution in [3.05, 3.63) is 0 Å². The van der Waals surface area contributed by atoms with Crippen LogP contribution in [-0.4, -0.2) is 67.9 Å². The smallest absolute Gasteiger partial charge is 0.272 e. The number of rotatable bonds is 8. The van der Waals surface area contributed by atoms with Crippen molar-refractivity contribution in [2.45, 2.75) is 52.0 Å². The van der Waals surface area contributed by atoms with Gasteiger partial charge in [-0.25, -0.2) is 30.4 Å². The van der Waals surface area contributed by atoms with Crippen molar-refractivity contribution in [2.75, 3.05) is 26.2 Å². The Hall–Kier alpha value is -0.480. The van der Waals surface area contributed by atoms with Gasteiger partial charge in [0.05, 0.1) is 26.2 Å². The monoisotopic (exact) mass is 357 g/mol. The maximum Gasteiger partial charge on any atom is 0.272 e. The molecule has 4 nitrogen and oxygen atoms in total. The molecule has 0 heterocycles. The SMILES string of the molecule is CC[N+](CC)(CC)CC.O=S(=O)([O-])C(F)C(F)C(F)C(F)F. The molecular formula is C12H24F5NO3S. The van der Waals surface area contributed by atoms with E-state index in [0.29, 0.717) is 0 Å². The fourth-order valence-electron chi connectivity index (χ4n) is 1.78. The maximum atomic E-state index is 12.1. The molecule has 0 amide bonds. The van der Waals surface area contributed by atoms with E-state index in [0.717, 1.165) is 0 Å². The third-order valence-corrected chi connectivity index (χ3v) is 4.57. The molecule has 3 unspecified atom stereocenters. The molecule has 0 fully saturated rings. The predicted octanol–water partition coefficient (Wildman–Crippen LogP) is 2.65. The van der Waals surface area contributed by atoms with Gasteiger partial charge in [0, 0.05) is 0 Å². The number of alkyl halides is 5. The molecule has 0 radical (unpaired) electrons. The van der Waals surface area contributed by atoms with E-state index in [9.17, 15) is 34.9 Å². The molecule has 0 aromatic carbocycles. The van der Waals surface area contributed by atoms with Gasteiger partial charge in [0.25, 0.3) is 6.43 Å². The van der Waals surface area contributed by atoms with Crippen LogP contribution < -0.4 is 0 Å². The summed E-state index contributed by atoms with van der Waals surface area (Å²) in [6.07, 6.45) is -11.2. The summed E-state index contributed by atoms with van der Waals surface area (Å²) < 4.78 is 89.3. The quantitative estimate of drug-likeness (QED) is 0.381. The molecule has 10 heteroatoms. The number of nitrogens with zero attached hydrogens (tertiary/aromatic N) is 1. The first-order valence-corrected chi connectivity index (χ1v) is 8.39. The van der Waals surface area contributed by atoms with Gasteiger partial charge in [-0.15, -0.1) is 0 Å². The Balaban J connectivity index is 0. The van der Waals surface area contributed by atoms with Crippen LogP contribution in [0.3, 0.4) is 0 Å². The zero-order valence-corrected chi connectivity index (χ0v) is 13.9. The highest BCUT2D eigenvalue weighted by Crippen LogP contribution is 2.20. The minimum atomic E-state index is -5.75. The first-order chi connectivity index (χ1) is 9.92. The molecule has 0 saturated heterocycles. The average molecular weight is 357 g/mol. The van der Waals surface area contributed by atoms with Gasteiger partial charge in [0.1, 0.15) is 10.1 Å². The maximum absolute atomic E-state index is 12.1. The lowest BCUT2D eigenvalue weighted by atomic mass is 10.3. The summed E-state index contributed by atoms with van der Waals surface area (Å²) in [5.41, 5.74) is -3.81. The van der Waals surface area contributed by atoms with Crippen LogP contribution in [0, 0.1) is 0 Å². The van der Waals surface area contributed by atoms with E-state index in [2.05, 4.69) is 27.7 Å². The van der Waals surface area contributed by atoms with Crippen molar-refractivity contribution in [1.29, 1.82) is 0 Å². The van der Waals surface area contributed by atoms with Crippen molar-refractivity contribution in [1.82, 2.24) is 0 Å². The highest BCUT2D eigenvalue weighted by molar-refractivity contribution is 7.86. The van der Waals surface area contributed by atoms with Gasteiger partial charge < -0.3 is 9.04 Å². The summed E-state index contributed by atoms with van der Waals surface area (Å²) in [6, 6.07) is 0. The molecule has 0 saturated carbocycles. The molecule has 0 spiro atoms. The fourth-order valence-corrected chi connectivity index (χ4v) is 2.25. The minimum absolute atomic E-state index is 1.28. The van der Waals surface area contributed by atoms with Crippen molar-refractivity contribution in [3.8, 4) is 0 Å². The average Bonchev–Trinajstić information content (AvgIpc) is 2.47. The fraction of sp³-hybridized carbons (Fsp3) is 1.00. The number of halogens is 5. The van der Waals surface area contributed by atoms with Gasteiger partial charge in [0.2, 0.25) is 5.50 Å². The van der Waals surface area contributed by atoms with Gasteiger partial charge in [0.15, 0.2) is 12.3 Å². The van der Waals surface area contributed by atoms with Crippen LogP contribution in [-0.2, 0) is 10.1 Å². The second-order valence-corrected chi connectivity index (χ2v) is 6.11. The molecule has 0 rings (SSSR count). The predicted molar refractivity (Wildman–Crippen MR) is 72.8 cm³/mol. The first kappa shape index (κ1) is 23.8. The summed E-state index contributed by atoms with van der Waals surface area (Å²) in [5, 5.41) is 0. The molecular weight excluding hydrogens is 333 g/mol. The van der Waals surface area contributed by atoms with E-state index in [1.54, 1.807) is 0 Å². The summed E-state index contributed by atoms with van der Waals surface area (Å²) >= 11 is 0. The second kappa shape index (κ2) is 10.3. The Morgan fingerprint density at radius 1 is 0.818 bits per heavy atom. The van der Waals surface area contributed by atoms with Gasteiger partial charge in [-0.05, 0) is 27.7 Å². The van der Waals surface area contributed by atoms with Crippen LogP contribution >= 0.6 is 0 Å². The van der Waals surface area contributed by atoms with Gasteiger partial charge >= 0.3 is 0 Å². The summed E-state index contributed by atoms with van der Waals surface area (Å²) in [4.78, 5) is 0. The highest BCUT2D eigenvalue weighted by atomic mass is 32.2. The van der Waals surface area contributed by atoms with E-state index in [1.807, 2.05) is 0 Å². The Kier molecular flexibility index (Phi) is 11.2. The van der Waals surface area contributed by atoms with Crippen LogP contribution in [0.25, 0.3) is 0 Å². The van der Waals surface area contributed by atoms with Crippen molar-refractivity contribution in [2.24, 2.45) is 0 Å². The molecule has 0 aliphatic heterocycles. The molecule has 0 aliphatic rings. The number of quaternary nitrogens is 1. The standard InChI is InChI=1S/C8H20N.C4H5F5O3S/c1-5-9(6-2,7-3)8-4;5-1(3(7)8)2(6)4(9)13(10,11)12/h5-8H2,1-4H3;1-4H,(H,10,11,12)/q+1;/p-1. The van der Waals surface area contributed by atoms with Gasteiger partial charge in [-0.1, -0.05) is 0 Å². The van der Waals surface area contributed by atoms with Crippen LogP contribution in [0.4, 0.5) is 22.0 Å². The zero-order chi connectivity index (χ0) is 18.1. The molecule has 136 valence electrons. The Labute approximate surface area is 128 Å². The first-order valence-electron chi connectivity index (χ1n) is 6.92. The minimum Gasteiger partial charge on any atom is -0.746 e. The van der Waals surface area contributed by atoms with E-state index in [1.165, 1.54) is 30.7 Å². The number of hydrogen-bond donors (Lipinski definition) is 0. The summed E-state index contributed by atoms with van der Waals surface area (Å²) in [5.74, 6) is 0. The van der Waals surface area contributed by atoms with E-state index in [-0.39, 0.29) is 0 Å². The molecule has 0 N–H and O–H groups in total. The second-order valence-electron chi connectivity index (χ2n) is 4.67. The van der Waals surface area contributed by atoms with Crippen LogP contribution in [0.1, 0.15) is 27.7 Å².